The third-order valence-electron chi connectivity index (χ3n) is 6.40. The Hall–Kier alpha value is -3.75. The highest BCUT2D eigenvalue weighted by Gasteiger charge is 2.35. The molecule has 180 valence electrons. The SMILES string of the molecule is O=C(O)N1CCC(n2nncc2COCc2ccccc2)C(OCc2ccc3ccccc3c2)C1. The van der Waals surface area contributed by atoms with Crippen LogP contribution in [0, 0.1) is 0 Å². The van der Waals surface area contributed by atoms with Gasteiger partial charge in [0.25, 0.3) is 0 Å². The summed E-state index contributed by atoms with van der Waals surface area (Å²) in [6, 6.07) is 24.3. The Balaban J connectivity index is 1.29. The van der Waals surface area contributed by atoms with Crippen LogP contribution in [0.3, 0.4) is 0 Å². The Morgan fingerprint density at radius 3 is 2.57 bits per heavy atom. The lowest BCUT2D eigenvalue weighted by atomic mass is 10.0. The van der Waals surface area contributed by atoms with Gasteiger partial charge in [0, 0.05) is 6.54 Å². The average molecular weight is 473 g/mol. The van der Waals surface area contributed by atoms with Gasteiger partial charge in [0.1, 0.15) is 0 Å². The van der Waals surface area contributed by atoms with E-state index in [4.69, 9.17) is 9.47 Å². The topological polar surface area (TPSA) is 89.7 Å². The largest absolute Gasteiger partial charge is 0.465 e. The molecule has 1 aliphatic rings. The fourth-order valence-corrected chi connectivity index (χ4v) is 4.55. The molecule has 8 nitrogen and oxygen atoms in total. The van der Waals surface area contributed by atoms with Crippen LogP contribution in [0.2, 0.25) is 0 Å². The van der Waals surface area contributed by atoms with E-state index in [1.54, 1.807) is 6.20 Å². The van der Waals surface area contributed by atoms with Crippen molar-refractivity contribution in [3.05, 3.63) is 95.8 Å². The lowest BCUT2D eigenvalue weighted by Gasteiger charge is -2.37. The van der Waals surface area contributed by atoms with Crippen molar-refractivity contribution in [3.8, 4) is 0 Å². The van der Waals surface area contributed by atoms with Crippen molar-refractivity contribution in [2.24, 2.45) is 0 Å². The lowest BCUT2D eigenvalue weighted by Crippen LogP contribution is -2.48. The number of carboxylic acid groups (broad SMARTS) is 1. The first-order valence-corrected chi connectivity index (χ1v) is 11.8. The fourth-order valence-electron chi connectivity index (χ4n) is 4.55. The summed E-state index contributed by atoms with van der Waals surface area (Å²) >= 11 is 0. The molecule has 8 heteroatoms. The van der Waals surface area contributed by atoms with E-state index >= 15 is 0 Å². The Morgan fingerprint density at radius 1 is 0.943 bits per heavy atom. The van der Waals surface area contributed by atoms with Crippen molar-refractivity contribution in [2.75, 3.05) is 13.1 Å². The number of nitrogens with zero attached hydrogens (tertiary/aromatic N) is 4. The third-order valence-corrected chi connectivity index (χ3v) is 6.40. The number of benzene rings is 3. The molecule has 0 aliphatic carbocycles. The predicted octanol–water partition coefficient (Wildman–Crippen LogP) is 4.66. The smallest absolute Gasteiger partial charge is 0.407 e. The molecule has 1 aliphatic heterocycles. The van der Waals surface area contributed by atoms with Gasteiger partial charge in [0.15, 0.2) is 0 Å². The maximum Gasteiger partial charge on any atom is 0.407 e. The van der Waals surface area contributed by atoms with E-state index in [0.717, 1.165) is 22.2 Å². The zero-order valence-electron chi connectivity index (χ0n) is 19.4. The zero-order valence-corrected chi connectivity index (χ0v) is 19.4. The van der Waals surface area contributed by atoms with Crippen molar-refractivity contribution in [1.82, 2.24) is 19.9 Å². The van der Waals surface area contributed by atoms with Crippen LogP contribution in [0.1, 0.15) is 29.3 Å². The minimum atomic E-state index is -0.937. The number of aromatic nitrogens is 3. The first-order chi connectivity index (χ1) is 17.2. The minimum Gasteiger partial charge on any atom is -0.465 e. The number of hydrogen-bond donors (Lipinski definition) is 1. The van der Waals surface area contributed by atoms with Crippen LogP contribution in [0.25, 0.3) is 10.8 Å². The number of ether oxygens (including phenoxy) is 2. The first kappa shape index (κ1) is 23.0. The number of piperidine rings is 1. The normalized spacial score (nSPS) is 18.1. The molecule has 5 rings (SSSR count). The molecule has 0 radical (unpaired) electrons. The van der Waals surface area contributed by atoms with Crippen molar-refractivity contribution < 1.29 is 19.4 Å². The Labute approximate surface area is 203 Å². The van der Waals surface area contributed by atoms with Crippen LogP contribution >= 0.6 is 0 Å². The second-order valence-electron chi connectivity index (χ2n) is 8.76. The predicted molar refractivity (Wildman–Crippen MR) is 131 cm³/mol. The molecule has 1 amide bonds. The molecule has 0 bridgehead atoms. The van der Waals surface area contributed by atoms with E-state index in [0.29, 0.717) is 32.8 Å². The van der Waals surface area contributed by atoms with Gasteiger partial charge in [-0.25, -0.2) is 9.48 Å². The van der Waals surface area contributed by atoms with Crippen molar-refractivity contribution in [3.63, 3.8) is 0 Å². The summed E-state index contributed by atoms with van der Waals surface area (Å²) in [7, 11) is 0. The van der Waals surface area contributed by atoms with Gasteiger partial charge < -0.3 is 19.5 Å². The molecular formula is C27H28N4O4. The summed E-state index contributed by atoms with van der Waals surface area (Å²) in [5.74, 6) is 0. The van der Waals surface area contributed by atoms with E-state index < -0.39 is 6.09 Å². The number of carbonyl (C=O) groups is 1. The van der Waals surface area contributed by atoms with Gasteiger partial charge in [0.05, 0.1) is 50.4 Å². The second-order valence-corrected chi connectivity index (χ2v) is 8.76. The van der Waals surface area contributed by atoms with E-state index in [9.17, 15) is 9.90 Å². The molecular weight excluding hydrogens is 444 g/mol. The quantitative estimate of drug-likeness (QED) is 0.401. The van der Waals surface area contributed by atoms with Crippen LogP contribution in [0.15, 0.2) is 79.0 Å². The number of fused-ring (bicyclic) bond motifs is 1. The summed E-state index contributed by atoms with van der Waals surface area (Å²) in [4.78, 5) is 13.1. The van der Waals surface area contributed by atoms with Gasteiger partial charge >= 0.3 is 6.09 Å². The van der Waals surface area contributed by atoms with Crippen molar-refractivity contribution in [2.45, 2.75) is 38.4 Å². The molecule has 2 heterocycles. The van der Waals surface area contributed by atoms with Crippen LogP contribution in [-0.2, 0) is 29.3 Å². The maximum absolute atomic E-state index is 11.7. The van der Waals surface area contributed by atoms with Gasteiger partial charge in [0.2, 0.25) is 0 Å². The summed E-state index contributed by atoms with van der Waals surface area (Å²) in [6.07, 6.45) is 0.993. The second kappa shape index (κ2) is 10.7. The molecule has 3 aromatic carbocycles. The zero-order chi connectivity index (χ0) is 24.0. The Morgan fingerprint density at radius 2 is 1.74 bits per heavy atom. The molecule has 4 aromatic rings. The molecule has 1 aromatic heterocycles. The van der Waals surface area contributed by atoms with Gasteiger partial charge in [-0.05, 0) is 34.4 Å². The van der Waals surface area contributed by atoms with Crippen LogP contribution < -0.4 is 0 Å². The number of amides is 1. The molecule has 35 heavy (non-hydrogen) atoms. The van der Waals surface area contributed by atoms with Crippen molar-refractivity contribution in [1.29, 1.82) is 0 Å². The highest BCUT2D eigenvalue weighted by Crippen LogP contribution is 2.28. The van der Waals surface area contributed by atoms with Crippen LogP contribution in [0.4, 0.5) is 4.79 Å². The molecule has 0 spiro atoms. The summed E-state index contributed by atoms with van der Waals surface area (Å²) in [6.45, 7) is 1.93. The van der Waals surface area contributed by atoms with Gasteiger partial charge in [-0.2, -0.15) is 0 Å². The standard InChI is InChI=1S/C27H28N4O4/c32-27(33)30-13-12-25(31-24(15-28-29-31)19-34-17-20-6-2-1-3-7-20)26(16-30)35-18-21-10-11-22-8-4-5-9-23(22)14-21/h1-11,14-15,25-26H,12-13,16-19H2,(H,32,33). The van der Waals surface area contributed by atoms with Crippen molar-refractivity contribution >= 4 is 16.9 Å². The third kappa shape index (κ3) is 5.50. The Bertz CT molecular complexity index is 1280. The molecule has 2 unspecified atom stereocenters. The number of likely N-dealkylation sites (tertiary alicyclic amines) is 1. The number of rotatable bonds is 8. The fraction of sp³-hybridized carbons (Fsp3) is 0.296. The molecule has 1 fully saturated rings. The highest BCUT2D eigenvalue weighted by atomic mass is 16.5. The summed E-state index contributed by atoms with van der Waals surface area (Å²) in [5, 5.41) is 20.3. The molecule has 0 saturated carbocycles. The van der Waals surface area contributed by atoms with Gasteiger partial charge in [-0.15, -0.1) is 5.10 Å². The average Bonchev–Trinajstić information content (AvgIpc) is 3.36. The van der Waals surface area contributed by atoms with Gasteiger partial charge in [-0.1, -0.05) is 71.9 Å². The molecule has 1 saturated heterocycles. The monoisotopic (exact) mass is 472 g/mol. The first-order valence-electron chi connectivity index (χ1n) is 11.8. The van der Waals surface area contributed by atoms with E-state index in [-0.39, 0.29) is 18.7 Å². The van der Waals surface area contributed by atoms with Crippen LogP contribution in [-0.4, -0.2) is 50.3 Å². The minimum absolute atomic E-state index is 0.135. The van der Waals surface area contributed by atoms with Gasteiger partial charge in [-0.3, -0.25) is 0 Å². The summed E-state index contributed by atoms with van der Waals surface area (Å²) < 4.78 is 14.1. The maximum atomic E-state index is 11.7. The highest BCUT2D eigenvalue weighted by molar-refractivity contribution is 5.82. The lowest BCUT2D eigenvalue weighted by molar-refractivity contribution is -0.0419. The van der Waals surface area contributed by atoms with E-state index in [1.165, 1.54) is 10.3 Å². The molecule has 2 atom stereocenters. The van der Waals surface area contributed by atoms with Crippen LogP contribution in [0.5, 0.6) is 0 Å². The Kier molecular flexibility index (Phi) is 7.02. The van der Waals surface area contributed by atoms with E-state index in [2.05, 4.69) is 34.6 Å². The van der Waals surface area contributed by atoms with E-state index in [1.807, 2.05) is 53.2 Å². The molecule has 1 N–H and O–H groups in total. The summed E-state index contributed by atoms with van der Waals surface area (Å²) in [5.41, 5.74) is 2.98. The number of hydrogen-bond acceptors (Lipinski definition) is 5.